The van der Waals surface area contributed by atoms with E-state index in [0.29, 0.717) is 23.6 Å². The van der Waals surface area contributed by atoms with Crippen molar-refractivity contribution in [2.45, 2.75) is 35.1 Å². The number of hydrogen-bond donors (Lipinski definition) is 2. The SMILES string of the molecule is CC1(CCc2ccccc2)NC(=O)N(CC(=O)Nc2ccccc2Sc2ccc(Cl)cc2)C1=O. The minimum atomic E-state index is -1.05. The number of para-hydroxylation sites is 1. The van der Waals surface area contributed by atoms with Crippen LogP contribution in [-0.4, -0.2) is 34.8 Å². The maximum atomic E-state index is 13.0. The Morgan fingerprint density at radius 1 is 1.00 bits per heavy atom. The molecule has 0 aliphatic carbocycles. The maximum Gasteiger partial charge on any atom is 0.325 e. The van der Waals surface area contributed by atoms with E-state index in [9.17, 15) is 14.4 Å². The van der Waals surface area contributed by atoms with Gasteiger partial charge in [0.1, 0.15) is 12.1 Å². The van der Waals surface area contributed by atoms with Crippen molar-refractivity contribution >= 4 is 46.9 Å². The molecule has 3 aromatic rings. The average molecular weight is 494 g/mol. The monoisotopic (exact) mass is 493 g/mol. The van der Waals surface area contributed by atoms with Gasteiger partial charge in [-0.25, -0.2) is 4.79 Å². The number of urea groups is 1. The van der Waals surface area contributed by atoms with E-state index in [1.54, 1.807) is 25.1 Å². The number of nitrogens with one attached hydrogen (secondary N) is 2. The first kappa shape index (κ1) is 23.9. The van der Waals surface area contributed by atoms with E-state index in [0.717, 1.165) is 20.3 Å². The van der Waals surface area contributed by atoms with E-state index in [2.05, 4.69) is 10.6 Å². The van der Waals surface area contributed by atoms with Crippen LogP contribution in [0.25, 0.3) is 0 Å². The minimum absolute atomic E-state index is 0.356. The summed E-state index contributed by atoms with van der Waals surface area (Å²) in [6.45, 7) is 1.34. The largest absolute Gasteiger partial charge is 0.325 e. The molecule has 174 valence electrons. The number of anilines is 1. The molecule has 1 atom stereocenters. The second-order valence-corrected chi connectivity index (χ2v) is 9.79. The summed E-state index contributed by atoms with van der Waals surface area (Å²) in [5, 5.41) is 6.24. The van der Waals surface area contributed by atoms with Gasteiger partial charge < -0.3 is 10.6 Å². The predicted octanol–water partition coefficient (Wildman–Crippen LogP) is 5.37. The number of amides is 4. The Balaban J connectivity index is 1.40. The lowest BCUT2D eigenvalue weighted by Crippen LogP contribution is -2.45. The van der Waals surface area contributed by atoms with E-state index in [-0.39, 0.29) is 6.54 Å². The van der Waals surface area contributed by atoms with E-state index in [1.165, 1.54) is 11.8 Å². The second-order valence-electron chi connectivity index (χ2n) is 8.24. The van der Waals surface area contributed by atoms with Gasteiger partial charge in [-0.15, -0.1) is 0 Å². The third kappa shape index (κ3) is 5.61. The topological polar surface area (TPSA) is 78.5 Å². The quantitative estimate of drug-likeness (QED) is 0.413. The van der Waals surface area contributed by atoms with E-state index < -0.39 is 23.4 Å². The number of carbonyl (C=O) groups is 3. The van der Waals surface area contributed by atoms with Crippen molar-refractivity contribution in [1.82, 2.24) is 10.2 Å². The molecule has 6 nitrogen and oxygen atoms in total. The zero-order chi connectivity index (χ0) is 24.1. The molecule has 2 N–H and O–H groups in total. The summed E-state index contributed by atoms with van der Waals surface area (Å²) >= 11 is 7.44. The molecule has 1 heterocycles. The van der Waals surface area contributed by atoms with Crippen LogP contribution in [0.15, 0.2) is 88.7 Å². The highest BCUT2D eigenvalue weighted by Gasteiger charge is 2.47. The predicted molar refractivity (Wildman–Crippen MR) is 134 cm³/mol. The number of nitrogens with zero attached hydrogens (tertiary/aromatic N) is 1. The Labute approximate surface area is 207 Å². The summed E-state index contributed by atoms with van der Waals surface area (Å²) < 4.78 is 0. The lowest BCUT2D eigenvalue weighted by Gasteiger charge is -2.21. The van der Waals surface area contributed by atoms with Gasteiger partial charge in [0.15, 0.2) is 0 Å². The maximum absolute atomic E-state index is 13.0. The molecule has 8 heteroatoms. The third-order valence-corrected chi connectivity index (χ3v) is 6.94. The van der Waals surface area contributed by atoms with E-state index in [1.807, 2.05) is 60.7 Å². The highest BCUT2D eigenvalue weighted by molar-refractivity contribution is 7.99. The van der Waals surface area contributed by atoms with Crippen molar-refractivity contribution in [2.24, 2.45) is 0 Å². The lowest BCUT2D eigenvalue weighted by molar-refractivity contribution is -0.133. The highest BCUT2D eigenvalue weighted by Crippen LogP contribution is 2.34. The molecule has 3 aromatic carbocycles. The van der Waals surface area contributed by atoms with Crippen LogP contribution in [0.5, 0.6) is 0 Å². The van der Waals surface area contributed by atoms with Crippen molar-refractivity contribution in [2.75, 3.05) is 11.9 Å². The molecule has 1 aliphatic rings. The van der Waals surface area contributed by atoms with E-state index >= 15 is 0 Å². The number of halogens is 1. The fraction of sp³-hybridized carbons (Fsp3) is 0.192. The smallest absolute Gasteiger partial charge is 0.323 e. The molecule has 4 rings (SSSR count). The first-order valence-electron chi connectivity index (χ1n) is 10.8. The van der Waals surface area contributed by atoms with Crippen molar-refractivity contribution in [1.29, 1.82) is 0 Å². The van der Waals surface area contributed by atoms with Crippen LogP contribution in [0.3, 0.4) is 0 Å². The van der Waals surface area contributed by atoms with Gasteiger partial charge in [0.2, 0.25) is 5.91 Å². The molecule has 1 fully saturated rings. The summed E-state index contributed by atoms with van der Waals surface area (Å²) in [5.41, 5.74) is 0.637. The van der Waals surface area contributed by atoms with Gasteiger partial charge in [0, 0.05) is 14.8 Å². The molecular weight excluding hydrogens is 470 g/mol. The van der Waals surface area contributed by atoms with Gasteiger partial charge >= 0.3 is 6.03 Å². The number of rotatable bonds is 8. The third-order valence-electron chi connectivity index (χ3n) is 5.61. The normalized spacial score (nSPS) is 17.5. The molecule has 0 spiro atoms. The molecule has 1 unspecified atom stereocenters. The fourth-order valence-corrected chi connectivity index (χ4v) is 4.75. The van der Waals surface area contributed by atoms with Gasteiger partial charge in [-0.05, 0) is 61.7 Å². The van der Waals surface area contributed by atoms with Gasteiger partial charge in [-0.1, -0.05) is 65.8 Å². The second kappa shape index (κ2) is 10.3. The van der Waals surface area contributed by atoms with Crippen molar-refractivity contribution < 1.29 is 14.4 Å². The number of carbonyl (C=O) groups excluding carboxylic acids is 3. The fourth-order valence-electron chi connectivity index (χ4n) is 3.72. The zero-order valence-corrected chi connectivity index (χ0v) is 20.2. The Hall–Kier alpha value is -3.29. The lowest BCUT2D eigenvalue weighted by atomic mass is 9.93. The molecule has 0 aromatic heterocycles. The molecule has 1 saturated heterocycles. The number of hydrogen-bond acceptors (Lipinski definition) is 4. The van der Waals surface area contributed by atoms with Crippen LogP contribution >= 0.6 is 23.4 Å². The Kier molecular flexibility index (Phi) is 7.24. The van der Waals surface area contributed by atoms with Crippen LogP contribution in [-0.2, 0) is 16.0 Å². The molecule has 4 amide bonds. The highest BCUT2D eigenvalue weighted by atomic mass is 35.5. The minimum Gasteiger partial charge on any atom is -0.323 e. The Morgan fingerprint density at radius 3 is 2.41 bits per heavy atom. The van der Waals surface area contributed by atoms with E-state index in [4.69, 9.17) is 11.6 Å². The van der Waals surface area contributed by atoms with Crippen LogP contribution in [0.1, 0.15) is 18.9 Å². The summed E-state index contributed by atoms with van der Waals surface area (Å²) in [7, 11) is 0. The van der Waals surface area contributed by atoms with Gasteiger partial charge in [-0.2, -0.15) is 0 Å². The molecule has 0 saturated carbocycles. The first-order valence-corrected chi connectivity index (χ1v) is 12.0. The average Bonchev–Trinajstić information content (AvgIpc) is 3.04. The van der Waals surface area contributed by atoms with Gasteiger partial charge in [-0.3, -0.25) is 14.5 Å². The zero-order valence-electron chi connectivity index (χ0n) is 18.6. The number of imide groups is 1. The summed E-state index contributed by atoms with van der Waals surface area (Å²) in [6.07, 6.45) is 1.08. The van der Waals surface area contributed by atoms with Crippen molar-refractivity contribution in [3.05, 3.63) is 89.4 Å². The molecule has 34 heavy (non-hydrogen) atoms. The van der Waals surface area contributed by atoms with Crippen molar-refractivity contribution in [3.63, 3.8) is 0 Å². The number of aryl methyl sites for hydroxylation is 1. The first-order chi connectivity index (χ1) is 16.3. The molecule has 0 radical (unpaired) electrons. The Bertz CT molecular complexity index is 1200. The van der Waals surface area contributed by atoms with Crippen molar-refractivity contribution in [3.8, 4) is 0 Å². The summed E-state index contributed by atoms with van der Waals surface area (Å²) in [4.78, 5) is 41.1. The Morgan fingerprint density at radius 2 is 1.68 bits per heavy atom. The number of benzene rings is 3. The molecule has 0 bridgehead atoms. The summed E-state index contributed by atoms with van der Waals surface area (Å²) in [5.74, 6) is -0.840. The van der Waals surface area contributed by atoms with Gasteiger partial charge in [0.25, 0.3) is 5.91 Å². The molecule has 1 aliphatic heterocycles. The molecular formula is C26H24ClN3O3S. The van der Waals surface area contributed by atoms with Crippen LogP contribution in [0.2, 0.25) is 5.02 Å². The van der Waals surface area contributed by atoms with Crippen LogP contribution in [0.4, 0.5) is 10.5 Å². The van der Waals surface area contributed by atoms with Crippen LogP contribution in [0, 0.1) is 0 Å². The van der Waals surface area contributed by atoms with Crippen LogP contribution < -0.4 is 10.6 Å². The summed E-state index contributed by atoms with van der Waals surface area (Å²) in [6, 6.07) is 24.0. The standard InChI is InChI=1S/C26H24ClN3O3S/c1-26(16-15-18-7-3-2-4-8-18)24(32)30(25(33)29-26)17-23(31)28-21-9-5-6-10-22(21)34-20-13-11-19(27)12-14-20/h2-14H,15-17H2,1H3,(H,28,31)(H,29,33). The van der Waals surface area contributed by atoms with Gasteiger partial charge in [0.05, 0.1) is 5.69 Å².